The summed E-state index contributed by atoms with van der Waals surface area (Å²) < 4.78 is 0. The lowest BCUT2D eigenvalue weighted by Crippen LogP contribution is -2.20. The molecule has 2 aromatic rings. The molecule has 0 saturated carbocycles. The third-order valence-corrected chi connectivity index (χ3v) is 4.99. The number of aromatic hydroxyl groups is 1. The fourth-order valence-corrected chi connectivity index (χ4v) is 3.22. The van der Waals surface area contributed by atoms with E-state index in [2.05, 4.69) is 78.8 Å². The minimum atomic E-state index is -0.0886. The maximum Gasteiger partial charge on any atom is 0.119 e. The lowest BCUT2D eigenvalue weighted by molar-refractivity contribution is 0.463. The van der Waals surface area contributed by atoms with Crippen LogP contribution in [-0.2, 0) is 5.41 Å². The van der Waals surface area contributed by atoms with Gasteiger partial charge in [0.1, 0.15) is 5.75 Å². The molecule has 0 unspecified atom stereocenters. The Labute approximate surface area is 141 Å². The second kappa shape index (κ2) is 6.39. The lowest BCUT2D eigenvalue weighted by Gasteiger charge is -2.29. The van der Waals surface area contributed by atoms with Gasteiger partial charge in [0.25, 0.3) is 0 Å². The summed E-state index contributed by atoms with van der Waals surface area (Å²) in [5.74, 6) is 1.23. The minimum absolute atomic E-state index is 0.0886. The molecule has 2 aromatic carbocycles. The van der Waals surface area contributed by atoms with Gasteiger partial charge in [-0.25, -0.2) is 0 Å². The molecule has 0 atom stereocenters. The number of hydrogen-bond acceptors (Lipinski definition) is 1. The Morgan fingerprint density at radius 2 is 1.26 bits per heavy atom. The molecule has 0 aliphatic heterocycles. The van der Waals surface area contributed by atoms with Crippen LogP contribution in [0.2, 0.25) is 0 Å². The topological polar surface area (TPSA) is 20.2 Å². The SMILES string of the molecule is Cc1ccc(C(C)(C)c2ccc(O)c(C(C)C)c2)cc1C(C)C. The number of hydrogen-bond donors (Lipinski definition) is 1. The minimum Gasteiger partial charge on any atom is -0.508 e. The van der Waals surface area contributed by atoms with E-state index in [9.17, 15) is 5.11 Å². The zero-order valence-corrected chi connectivity index (χ0v) is 15.6. The van der Waals surface area contributed by atoms with Crippen molar-refractivity contribution in [2.75, 3.05) is 0 Å². The third kappa shape index (κ3) is 3.44. The van der Waals surface area contributed by atoms with Gasteiger partial charge in [0, 0.05) is 5.41 Å². The summed E-state index contributed by atoms with van der Waals surface area (Å²) in [4.78, 5) is 0. The van der Waals surface area contributed by atoms with Crippen LogP contribution >= 0.6 is 0 Å². The maximum atomic E-state index is 10.1. The summed E-state index contributed by atoms with van der Waals surface area (Å²) in [6, 6.07) is 12.9. The Bertz CT molecular complexity index is 634. The van der Waals surface area contributed by atoms with Crippen LogP contribution in [0.4, 0.5) is 0 Å². The number of benzene rings is 2. The van der Waals surface area contributed by atoms with E-state index < -0.39 is 0 Å². The van der Waals surface area contributed by atoms with Crippen LogP contribution in [0.3, 0.4) is 0 Å². The van der Waals surface area contributed by atoms with E-state index in [1.165, 1.54) is 22.3 Å². The first-order valence-electron chi connectivity index (χ1n) is 8.59. The molecule has 0 saturated heterocycles. The molecule has 0 amide bonds. The second-order valence-corrected chi connectivity index (χ2v) is 7.78. The Hall–Kier alpha value is -1.76. The van der Waals surface area contributed by atoms with E-state index in [-0.39, 0.29) is 5.41 Å². The summed E-state index contributed by atoms with van der Waals surface area (Å²) in [5, 5.41) is 10.1. The first kappa shape index (κ1) is 17.6. The van der Waals surface area contributed by atoms with Crippen LogP contribution in [0, 0.1) is 6.92 Å². The average Bonchev–Trinajstić information content (AvgIpc) is 2.47. The molecule has 0 fully saturated rings. The van der Waals surface area contributed by atoms with E-state index in [4.69, 9.17) is 0 Å². The molecule has 0 aromatic heterocycles. The van der Waals surface area contributed by atoms with E-state index in [0.29, 0.717) is 17.6 Å². The monoisotopic (exact) mass is 310 g/mol. The van der Waals surface area contributed by atoms with Crippen LogP contribution in [-0.4, -0.2) is 5.11 Å². The second-order valence-electron chi connectivity index (χ2n) is 7.78. The summed E-state index contributed by atoms with van der Waals surface area (Å²) in [6.07, 6.45) is 0. The highest BCUT2D eigenvalue weighted by Crippen LogP contribution is 2.37. The van der Waals surface area contributed by atoms with E-state index in [0.717, 1.165) is 5.56 Å². The molecular formula is C22H30O. The van der Waals surface area contributed by atoms with Gasteiger partial charge in [0.05, 0.1) is 0 Å². The number of rotatable bonds is 4. The summed E-state index contributed by atoms with van der Waals surface area (Å²) in [7, 11) is 0. The Balaban J connectivity index is 2.54. The average molecular weight is 310 g/mol. The van der Waals surface area contributed by atoms with Gasteiger partial charge < -0.3 is 5.11 Å². The largest absolute Gasteiger partial charge is 0.508 e. The van der Waals surface area contributed by atoms with Gasteiger partial charge in [0.2, 0.25) is 0 Å². The van der Waals surface area contributed by atoms with Gasteiger partial charge in [0.15, 0.2) is 0 Å². The summed E-state index contributed by atoms with van der Waals surface area (Å²) in [6.45, 7) is 15.4. The number of aryl methyl sites for hydroxylation is 1. The van der Waals surface area contributed by atoms with E-state index >= 15 is 0 Å². The molecule has 1 heteroatoms. The predicted octanol–water partition coefficient (Wildman–Crippen LogP) is 6.27. The van der Waals surface area contributed by atoms with Gasteiger partial charge in [-0.2, -0.15) is 0 Å². The van der Waals surface area contributed by atoms with Crippen LogP contribution in [0.25, 0.3) is 0 Å². The van der Waals surface area contributed by atoms with Crippen molar-refractivity contribution in [3.05, 3.63) is 64.2 Å². The molecule has 23 heavy (non-hydrogen) atoms. The quantitative estimate of drug-likeness (QED) is 0.705. The smallest absolute Gasteiger partial charge is 0.119 e. The molecule has 124 valence electrons. The Kier molecular flexibility index (Phi) is 4.89. The van der Waals surface area contributed by atoms with Crippen molar-refractivity contribution >= 4 is 0 Å². The maximum absolute atomic E-state index is 10.1. The molecular weight excluding hydrogens is 280 g/mol. The number of phenols is 1. The fraction of sp³-hybridized carbons (Fsp3) is 0.455. The summed E-state index contributed by atoms with van der Waals surface area (Å²) >= 11 is 0. The van der Waals surface area contributed by atoms with Crippen LogP contribution < -0.4 is 0 Å². The van der Waals surface area contributed by atoms with Crippen molar-refractivity contribution in [2.45, 2.75) is 65.7 Å². The molecule has 1 N–H and O–H groups in total. The highest BCUT2D eigenvalue weighted by atomic mass is 16.3. The third-order valence-electron chi connectivity index (χ3n) is 4.99. The first-order chi connectivity index (χ1) is 10.6. The van der Waals surface area contributed by atoms with Crippen molar-refractivity contribution in [3.8, 4) is 5.75 Å². The summed E-state index contributed by atoms with van der Waals surface area (Å²) in [5.41, 5.74) is 6.28. The molecule has 2 rings (SSSR count). The van der Waals surface area contributed by atoms with Crippen LogP contribution in [0.15, 0.2) is 36.4 Å². The van der Waals surface area contributed by atoms with Crippen molar-refractivity contribution < 1.29 is 5.11 Å². The zero-order valence-electron chi connectivity index (χ0n) is 15.6. The lowest BCUT2D eigenvalue weighted by atomic mass is 9.75. The molecule has 0 spiro atoms. The Morgan fingerprint density at radius 3 is 1.78 bits per heavy atom. The van der Waals surface area contributed by atoms with E-state index in [1.54, 1.807) is 0 Å². The van der Waals surface area contributed by atoms with Crippen molar-refractivity contribution in [3.63, 3.8) is 0 Å². The Morgan fingerprint density at radius 1 is 0.783 bits per heavy atom. The van der Waals surface area contributed by atoms with Crippen molar-refractivity contribution in [1.82, 2.24) is 0 Å². The van der Waals surface area contributed by atoms with Gasteiger partial charge >= 0.3 is 0 Å². The normalized spacial score (nSPS) is 12.2. The highest BCUT2D eigenvalue weighted by Gasteiger charge is 2.25. The molecule has 0 heterocycles. The molecule has 0 aliphatic rings. The van der Waals surface area contributed by atoms with Gasteiger partial charge in [-0.15, -0.1) is 0 Å². The fourth-order valence-electron chi connectivity index (χ4n) is 3.22. The van der Waals surface area contributed by atoms with Gasteiger partial charge in [-0.05, 0) is 52.6 Å². The van der Waals surface area contributed by atoms with Gasteiger partial charge in [-0.1, -0.05) is 71.9 Å². The van der Waals surface area contributed by atoms with Crippen LogP contribution in [0.1, 0.15) is 81.2 Å². The molecule has 0 bridgehead atoms. The zero-order chi connectivity index (χ0) is 17.4. The first-order valence-corrected chi connectivity index (χ1v) is 8.59. The predicted molar refractivity (Wildman–Crippen MR) is 99.6 cm³/mol. The van der Waals surface area contributed by atoms with E-state index in [1.807, 2.05) is 6.07 Å². The molecule has 1 nitrogen and oxygen atoms in total. The highest BCUT2D eigenvalue weighted by molar-refractivity contribution is 5.47. The van der Waals surface area contributed by atoms with Crippen LogP contribution in [0.5, 0.6) is 5.75 Å². The standard InChI is InChI=1S/C22H30O/c1-14(2)19-12-17(9-8-16(19)5)22(6,7)18-10-11-21(23)20(13-18)15(3)4/h8-15,23H,1-7H3. The van der Waals surface area contributed by atoms with Gasteiger partial charge in [-0.3, -0.25) is 0 Å². The molecule has 0 aliphatic carbocycles. The number of phenolic OH excluding ortho intramolecular Hbond substituents is 1. The van der Waals surface area contributed by atoms with Crippen molar-refractivity contribution in [2.24, 2.45) is 0 Å². The van der Waals surface area contributed by atoms with Crippen molar-refractivity contribution in [1.29, 1.82) is 0 Å². The molecule has 0 radical (unpaired) electrons.